The lowest BCUT2D eigenvalue weighted by atomic mass is 10.2. The van der Waals surface area contributed by atoms with E-state index in [1.807, 2.05) is 17.5 Å². The monoisotopic (exact) mass is 344 g/mol. The second kappa shape index (κ2) is 7.21. The number of halogens is 1. The number of urea groups is 1. The Balaban J connectivity index is 1.55. The summed E-state index contributed by atoms with van der Waals surface area (Å²) < 4.78 is 0. The molecule has 0 atom stereocenters. The van der Waals surface area contributed by atoms with Gasteiger partial charge in [0.1, 0.15) is 5.01 Å². The number of hydrogen-bond donors (Lipinski definition) is 2. The van der Waals surface area contributed by atoms with E-state index in [4.69, 9.17) is 11.6 Å². The molecule has 0 aliphatic carbocycles. The fourth-order valence-electron chi connectivity index (χ4n) is 1.90. The number of benzene rings is 1. The van der Waals surface area contributed by atoms with Crippen molar-refractivity contribution in [3.8, 4) is 11.3 Å². The summed E-state index contributed by atoms with van der Waals surface area (Å²) in [7, 11) is 0. The Morgan fingerprint density at radius 1 is 1.22 bits per heavy atom. The van der Waals surface area contributed by atoms with Gasteiger partial charge in [-0.25, -0.2) is 9.78 Å². The van der Waals surface area contributed by atoms with E-state index in [2.05, 4.69) is 20.6 Å². The van der Waals surface area contributed by atoms with Crippen molar-refractivity contribution < 1.29 is 4.79 Å². The first-order chi connectivity index (χ1) is 11.2. The molecule has 2 aromatic heterocycles. The number of aromatic nitrogens is 2. The van der Waals surface area contributed by atoms with Gasteiger partial charge in [0, 0.05) is 34.0 Å². The van der Waals surface area contributed by atoms with Gasteiger partial charge in [-0.15, -0.1) is 11.3 Å². The second-order valence-corrected chi connectivity index (χ2v) is 6.06. The van der Waals surface area contributed by atoms with E-state index in [0.29, 0.717) is 17.3 Å². The number of nitrogens with one attached hydrogen (secondary N) is 2. The van der Waals surface area contributed by atoms with Crippen LogP contribution in [0.3, 0.4) is 0 Å². The lowest BCUT2D eigenvalue weighted by molar-refractivity contribution is 0.251. The zero-order valence-electron chi connectivity index (χ0n) is 12.0. The quantitative estimate of drug-likeness (QED) is 0.746. The zero-order valence-corrected chi connectivity index (χ0v) is 13.6. The number of hydrogen-bond acceptors (Lipinski definition) is 4. The maximum absolute atomic E-state index is 11.9. The molecule has 2 amide bonds. The average molecular weight is 345 g/mol. The van der Waals surface area contributed by atoms with Crippen molar-refractivity contribution in [2.45, 2.75) is 6.54 Å². The van der Waals surface area contributed by atoms with E-state index in [9.17, 15) is 4.79 Å². The van der Waals surface area contributed by atoms with Crippen LogP contribution in [-0.2, 0) is 6.54 Å². The van der Waals surface area contributed by atoms with Gasteiger partial charge in [0.15, 0.2) is 0 Å². The number of amides is 2. The molecule has 0 fully saturated rings. The summed E-state index contributed by atoms with van der Waals surface area (Å²) in [6, 6.07) is 10.5. The minimum atomic E-state index is -0.287. The topological polar surface area (TPSA) is 66.9 Å². The fourth-order valence-corrected chi connectivity index (χ4v) is 2.77. The van der Waals surface area contributed by atoms with Crippen LogP contribution in [0, 0.1) is 0 Å². The van der Waals surface area contributed by atoms with Gasteiger partial charge < -0.3 is 10.6 Å². The maximum atomic E-state index is 11.9. The first-order valence-corrected chi connectivity index (χ1v) is 8.12. The van der Waals surface area contributed by atoms with Crippen LogP contribution in [-0.4, -0.2) is 16.0 Å². The van der Waals surface area contributed by atoms with E-state index in [1.165, 1.54) is 11.3 Å². The molecule has 3 aromatic rings. The molecule has 0 aliphatic heterocycles. The minimum Gasteiger partial charge on any atom is -0.331 e. The molecule has 0 saturated heterocycles. The first-order valence-electron chi connectivity index (χ1n) is 6.86. The molecule has 23 heavy (non-hydrogen) atoms. The van der Waals surface area contributed by atoms with Crippen LogP contribution in [0.2, 0.25) is 5.02 Å². The Hall–Kier alpha value is -2.44. The molecule has 0 unspecified atom stereocenters. The molecule has 7 heteroatoms. The number of pyridine rings is 1. The molecule has 2 heterocycles. The minimum absolute atomic E-state index is 0.287. The van der Waals surface area contributed by atoms with E-state index in [1.54, 1.807) is 36.7 Å². The highest BCUT2D eigenvalue weighted by Crippen LogP contribution is 2.20. The smallest absolute Gasteiger partial charge is 0.319 e. The van der Waals surface area contributed by atoms with Crippen molar-refractivity contribution in [1.29, 1.82) is 0 Å². The second-order valence-electron chi connectivity index (χ2n) is 4.68. The van der Waals surface area contributed by atoms with E-state index in [0.717, 1.165) is 16.3 Å². The van der Waals surface area contributed by atoms with Crippen molar-refractivity contribution in [3.63, 3.8) is 0 Å². The average Bonchev–Trinajstić information content (AvgIpc) is 3.05. The lowest BCUT2D eigenvalue weighted by Crippen LogP contribution is -2.28. The van der Waals surface area contributed by atoms with Crippen molar-refractivity contribution in [3.05, 3.63) is 64.2 Å². The predicted molar refractivity (Wildman–Crippen MR) is 92.7 cm³/mol. The molecule has 0 radical (unpaired) electrons. The molecule has 1 aromatic carbocycles. The third-order valence-electron chi connectivity index (χ3n) is 3.01. The van der Waals surface area contributed by atoms with Crippen molar-refractivity contribution in [1.82, 2.24) is 15.3 Å². The van der Waals surface area contributed by atoms with Crippen molar-refractivity contribution >= 4 is 34.7 Å². The lowest BCUT2D eigenvalue weighted by Gasteiger charge is -2.06. The van der Waals surface area contributed by atoms with Crippen LogP contribution in [0.5, 0.6) is 0 Å². The summed E-state index contributed by atoms with van der Waals surface area (Å²) in [5, 5.41) is 8.92. The molecule has 0 aliphatic rings. The zero-order chi connectivity index (χ0) is 16.1. The summed E-state index contributed by atoms with van der Waals surface area (Å²) in [6.45, 7) is 0.365. The van der Waals surface area contributed by atoms with E-state index in [-0.39, 0.29) is 6.03 Å². The van der Waals surface area contributed by atoms with Gasteiger partial charge in [0.25, 0.3) is 0 Å². The highest BCUT2D eigenvalue weighted by Gasteiger charge is 2.06. The van der Waals surface area contributed by atoms with Crippen LogP contribution in [0.4, 0.5) is 10.5 Å². The molecule has 2 N–H and O–H groups in total. The molecule has 3 rings (SSSR count). The summed E-state index contributed by atoms with van der Waals surface area (Å²) in [4.78, 5) is 20.4. The third-order valence-corrected chi connectivity index (χ3v) is 4.11. The number of anilines is 1. The molecule has 116 valence electrons. The highest BCUT2D eigenvalue weighted by atomic mass is 35.5. The Morgan fingerprint density at radius 3 is 2.78 bits per heavy atom. The van der Waals surface area contributed by atoms with Gasteiger partial charge in [-0.05, 0) is 36.4 Å². The Morgan fingerprint density at radius 2 is 2.04 bits per heavy atom. The molecular weight excluding hydrogens is 332 g/mol. The summed E-state index contributed by atoms with van der Waals surface area (Å²) in [5.41, 5.74) is 2.50. The number of carbonyl (C=O) groups excluding carboxylic acids is 1. The van der Waals surface area contributed by atoms with Gasteiger partial charge in [-0.1, -0.05) is 11.6 Å². The van der Waals surface area contributed by atoms with Gasteiger partial charge in [-0.3, -0.25) is 4.98 Å². The predicted octanol–water partition coefficient (Wildman–Crippen LogP) is 4.18. The summed E-state index contributed by atoms with van der Waals surface area (Å²) in [5.74, 6) is 0. The molecule has 0 bridgehead atoms. The van der Waals surface area contributed by atoms with Gasteiger partial charge >= 0.3 is 6.03 Å². The fraction of sp³-hybridized carbons (Fsp3) is 0.0625. The Labute approximate surface area is 142 Å². The molecule has 0 saturated carbocycles. The Bertz CT molecular complexity index is 789. The Kier molecular flexibility index (Phi) is 4.85. The van der Waals surface area contributed by atoms with Crippen LogP contribution < -0.4 is 10.6 Å². The first kappa shape index (κ1) is 15.5. The highest BCUT2D eigenvalue weighted by molar-refractivity contribution is 7.09. The van der Waals surface area contributed by atoms with Gasteiger partial charge in [0.2, 0.25) is 0 Å². The SMILES string of the molecule is O=C(NCc1nc(-c2cccnc2)cs1)Nc1ccc(Cl)cc1. The van der Waals surface area contributed by atoms with Gasteiger partial charge in [0.05, 0.1) is 12.2 Å². The van der Waals surface area contributed by atoms with Crippen molar-refractivity contribution in [2.75, 3.05) is 5.32 Å². The standard InChI is InChI=1S/C16H13ClN4OS/c17-12-3-5-13(6-4-12)20-16(22)19-9-15-21-14(10-23-15)11-2-1-7-18-8-11/h1-8,10H,9H2,(H2,19,20,22). The van der Waals surface area contributed by atoms with Crippen LogP contribution in [0.1, 0.15) is 5.01 Å². The normalized spacial score (nSPS) is 10.3. The number of rotatable bonds is 4. The van der Waals surface area contributed by atoms with Gasteiger partial charge in [-0.2, -0.15) is 0 Å². The summed E-state index contributed by atoms with van der Waals surface area (Å²) >= 11 is 7.30. The van der Waals surface area contributed by atoms with Crippen molar-refractivity contribution in [2.24, 2.45) is 0 Å². The third kappa shape index (κ3) is 4.28. The molecular formula is C16H13ClN4OS. The number of carbonyl (C=O) groups is 1. The number of thiazole rings is 1. The van der Waals surface area contributed by atoms with Crippen LogP contribution in [0.25, 0.3) is 11.3 Å². The largest absolute Gasteiger partial charge is 0.331 e. The summed E-state index contributed by atoms with van der Waals surface area (Å²) in [6.07, 6.45) is 3.49. The molecule has 0 spiro atoms. The van der Waals surface area contributed by atoms with E-state index < -0.39 is 0 Å². The maximum Gasteiger partial charge on any atom is 0.319 e. The van der Waals surface area contributed by atoms with Crippen LogP contribution >= 0.6 is 22.9 Å². The van der Waals surface area contributed by atoms with Crippen LogP contribution in [0.15, 0.2) is 54.2 Å². The number of nitrogens with zero attached hydrogens (tertiary/aromatic N) is 2. The van der Waals surface area contributed by atoms with E-state index >= 15 is 0 Å². The molecule has 5 nitrogen and oxygen atoms in total.